The van der Waals surface area contributed by atoms with Crippen LogP contribution in [0.1, 0.15) is 26.3 Å². The SMILES string of the molecule is CC(C)(C)OC(=O)N1CCN(c2[nH]c(-c3ccnc(Nc4ccc(N5CCOCC5)cc4)c3)cc2C#N)CC1. The molecule has 10 heteroatoms. The maximum atomic E-state index is 12.4. The number of anilines is 4. The Morgan fingerprint density at radius 2 is 1.74 bits per heavy atom. The van der Waals surface area contributed by atoms with E-state index in [1.165, 1.54) is 5.69 Å². The molecule has 2 fully saturated rings. The highest BCUT2D eigenvalue weighted by Crippen LogP contribution is 2.30. The summed E-state index contributed by atoms with van der Waals surface area (Å²) >= 11 is 0. The molecular weight excluding hydrogens is 494 g/mol. The van der Waals surface area contributed by atoms with Crippen LogP contribution in [0.5, 0.6) is 0 Å². The third-order valence-electron chi connectivity index (χ3n) is 6.75. The van der Waals surface area contributed by atoms with Crippen LogP contribution in [0.15, 0.2) is 48.7 Å². The topological polar surface area (TPSA) is 110 Å². The monoisotopic (exact) mass is 529 g/mol. The summed E-state index contributed by atoms with van der Waals surface area (Å²) in [7, 11) is 0. The minimum absolute atomic E-state index is 0.303. The van der Waals surface area contributed by atoms with Crippen LogP contribution < -0.4 is 15.1 Å². The zero-order valence-electron chi connectivity index (χ0n) is 22.7. The normalized spacial score (nSPS) is 16.1. The minimum atomic E-state index is -0.527. The van der Waals surface area contributed by atoms with Gasteiger partial charge in [-0.3, -0.25) is 0 Å². The van der Waals surface area contributed by atoms with Crippen LogP contribution >= 0.6 is 0 Å². The highest BCUT2D eigenvalue weighted by Gasteiger charge is 2.27. The van der Waals surface area contributed by atoms with Crippen molar-refractivity contribution in [3.05, 3.63) is 54.2 Å². The summed E-state index contributed by atoms with van der Waals surface area (Å²) < 4.78 is 10.9. The Kier molecular flexibility index (Phi) is 7.61. The first kappa shape index (κ1) is 26.4. The fourth-order valence-electron chi connectivity index (χ4n) is 4.76. The second-order valence-electron chi connectivity index (χ2n) is 10.7. The number of aromatic amines is 1. The quantitative estimate of drug-likeness (QED) is 0.494. The second-order valence-corrected chi connectivity index (χ2v) is 10.7. The number of hydrogen-bond donors (Lipinski definition) is 2. The summed E-state index contributed by atoms with van der Waals surface area (Å²) in [5, 5.41) is 13.2. The number of nitrogens with one attached hydrogen (secondary N) is 2. The molecule has 0 saturated carbocycles. The Bertz CT molecular complexity index is 1330. The van der Waals surface area contributed by atoms with E-state index in [4.69, 9.17) is 9.47 Å². The first-order chi connectivity index (χ1) is 18.8. The Hall–Kier alpha value is -4.23. The van der Waals surface area contributed by atoms with E-state index in [2.05, 4.69) is 55.4 Å². The largest absolute Gasteiger partial charge is 0.444 e. The van der Waals surface area contributed by atoms with Gasteiger partial charge in [-0.15, -0.1) is 0 Å². The van der Waals surface area contributed by atoms with Crippen LogP contribution in [0.4, 0.5) is 27.8 Å². The van der Waals surface area contributed by atoms with Gasteiger partial charge in [0.25, 0.3) is 0 Å². The average molecular weight is 530 g/mol. The highest BCUT2D eigenvalue weighted by atomic mass is 16.6. The number of pyridine rings is 1. The van der Waals surface area contributed by atoms with Gasteiger partial charge < -0.3 is 34.5 Å². The predicted molar refractivity (Wildman–Crippen MR) is 152 cm³/mol. The van der Waals surface area contributed by atoms with E-state index in [1.807, 2.05) is 39.0 Å². The van der Waals surface area contributed by atoms with E-state index in [0.29, 0.717) is 37.6 Å². The van der Waals surface area contributed by atoms with Crippen molar-refractivity contribution in [1.82, 2.24) is 14.9 Å². The second kappa shape index (κ2) is 11.3. The number of aromatic nitrogens is 2. The number of benzene rings is 1. The molecule has 2 aromatic heterocycles. The lowest BCUT2D eigenvalue weighted by molar-refractivity contribution is 0.0240. The van der Waals surface area contributed by atoms with Gasteiger partial charge in [0.2, 0.25) is 0 Å². The molecule has 0 bridgehead atoms. The Morgan fingerprint density at radius 1 is 1.03 bits per heavy atom. The average Bonchev–Trinajstić information content (AvgIpc) is 3.38. The van der Waals surface area contributed by atoms with Crippen LogP contribution in [-0.4, -0.2) is 79.0 Å². The van der Waals surface area contributed by atoms with Gasteiger partial charge in [-0.1, -0.05) is 0 Å². The number of morpholine rings is 1. The van der Waals surface area contributed by atoms with Crippen molar-refractivity contribution in [2.24, 2.45) is 0 Å². The molecule has 3 aromatic rings. The van der Waals surface area contributed by atoms with E-state index in [9.17, 15) is 10.1 Å². The van der Waals surface area contributed by atoms with Gasteiger partial charge in [-0.25, -0.2) is 9.78 Å². The first-order valence-corrected chi connectivity index (χ1v) is 13.3. The molecule has 0 radical (unpaired) electrons. The van der Waals surface area contributed by atoms with Crippen molar-refractivity contribution in [1.29, 1.82) is 5.26 Å². The number of rotatable bonds is 5. The molecule has 2 N–H and O–H groups in total. The number of ether oxygens (including phenoxy) is 2. The molecule has 0 unspecified atom stereocenters. The van der Waals surface area contributed by atoms with Crippen molar-refractivity contribution in [3.63, 3.8) is 0 Å². The molecule has 0 spiro atoms. The molecule has 0 atom stereocenters. The lowest BCUT2D eigenvalue weighted by atomic mass is 10.2. The molecule has 4 heterocycles. The van der Waals surface area contributed by atoms with Crippen molar-refractivity contribution in [3.8, 4) is 17.3 Å². The molecule has 1 amide bonds. The third-order valence-corrected chi connectivity index (χ3v) is 6.75. The zero-order valence-corrected chi connectivity index (χ0v) is 22.7. The molecule has 204 valence electrons. The van der Waals surface area contributed by atoms with Gasteiger partial charge in [-0.05, 0) is 63.2 Å². The van der Waals surface area contributed by atoms with Gasteiger partial charge in [0.1, 0.15) is 23.3 Å². The molecule has 2 saturated heterocycles. The summed E-state index contributed by atoms with van der Waals surface area (Å²) in [5.41, 5.74) is 3.93. The number of H-pyrrole nitrogens is 1. The Morgan fingerprint density at radius 3 is 2.41 bits per heavy atom. The predicted octanol–water partition coefficient (Wildman–Crippen LogP) is 4.59. The maximum Gasteiger partial charge on any atom is 0.410 e. The standard InChI is InChI=1S/C29H35N7O3/c1-29(2,3)39-28(37)36-12-10-35(11-13-36)27-22(20-30)18-25(33-27)21-8-9-31-26(19-21)32-23-4-6-24(7-5-23)34-14-16-38-17-15-34/h4-9,18-19,33H,10-17H2,1-3H3,(H,31,32). The number of nitriles is 1. The van der Waals surface area contributed by atoms with Gasteiger partial charge in [0.15, 0.2) is 0 Å². The van der Waals surface area contributed by atoms with Crippen molar-refractivity contribution in [2.75, 3.05) is 67.6 Å². The van der Waals surface area contributed by atoms with E-state index >= 15 is 0 Å². The number of carbonyl (C=O) groups excluding carboxylic acids is 1. The number of piperazine rings is 1. The van der Waals surface area contributed by atoms with E-state index < -0.39 is 5.60 Å². The van der Waals surface area contributed by atoms with E-state index in [1.54, 1.807) is 11.1 Å². The maximum absolute atomic E-state index is 12.4. The summed E-state index contributed by atoms with van der Waals surface area (Å²) in [6.07, 6.45) is 1.45. The van der Waals surface area contributed by atoms with Crippen molar-refractivity contribution >= 4 is 29.1 Å². The fourth-order valence-corrected chi connectivity index (χ4v) is 4.76. The minimum Gasteiger partial charge on any atom is -0.444 e. The number of carbonyl (C=O) groups is 1. The van der Waals surface area contributed by atoms with Crippen molar-refractivity contribution < 1.29 is 14.3 Å². The molecule has 1 aromatic carbocycles. The molecule has 5 rings (SSSR count). The van der Waals surface area contributed by atoms with Crippen LogP contribution in [0.3, 0.4) is 0 Å². The summed E-state index contributed by atoms with van der Waals surface area (Å²) in [6.45, 7) is 11.2. The van der Waals surface area contributed by atoms with Gasteiger partial charge >= 0.3 is 6.09 Å². The Labute approximate surface area is 229 Å². The highest BCUT2D eigenvalue weighted by molar-refractivity contribution is 5.73. The van der Waals surface area contributed by atoms with Crippen LogP contribution in [0.25, 0.3) is 11.3 Å². The Balaban J connectivity index is 1.25. The molecule has 39 heavy (non-hydrogen) atoms. The van der Waals surface area contributed by atoms with Gasteiger partial charge in [0, 0.05) is 68.1 Å². The van der Waals surface area contributed by atoms with E-state index in [0.717, 1.165) is 49.1 Å². The van der Waals surface area contributed by atoms with Gasteiger partial charge in [-0.2, -0.15) is 5.26 Å². The number of nitrogens with zero attached hydrogens (tertiary/aromatic N) is 5. The van der Waals surface area contributed by atoms with Gasteiger partial charge in [0.05, 0.1) is 18.8 Å². The summed E-state index contributed by atoms with van der Waals surface area (Å²) in [4.78, 5) is 26.5. The third kappa shape index (κ3) is 6.44. The van der Waals surface area contributed by atoms with Crippen LogP contribution in [-0.2, 0) is 9.47 Å². The first-order valence-electron chi connectivity index (χ1n) is 13.3. The van der Waals surface area contributed by atoms with E-state index in [-0.39, 0.29) is 6.09 Å². The van der Waals surface area contributed by atoms with Crippen molar-refractivity contribution in [2.45, 2.75) is 26.4 Å². The van der Waals surface area contributed by atoms with Crippen LogP contribution in [0.2, 0.25) is 0 Å². The smallest absolute Gasteiger partial charge is 0.410 e. The molecule has 10 nitrogen and oxygen atoms in total. The fraction of sp³-hybridized carbons (Fsp3) is 0.414. The zero-order chi connectivity index (χ0) is 27.4. The lowest BCUT2D eigenvalue weighted by Gasteiger charge is -2.36. The molecule has 2 aliphatic heterocycles. The van der Waals surface area contributed by atoms with Crippen LogP contribution in [0, 0.1) is 11.3 Å². The number of amides is 1. The molecule has 0 aliphatic carbocycles. The molecule has 2 aliphatic rings. The molecular formula is C29H35N7O3. The summed E-state index contributed by atoms with van der Waals surface area (Å²) in [6, 6.07) is 16.4. The lowest BCUT2D eigenvalue weighted by Crippen LogP contribution is -2.50. The summed E-state index contributed by atoms with van der Waals surface area (Å²) in [5.74, 6) is 1.48. The number of hydrogen-bond acceptors (Lipinski definition) is 8.